The maximum Gasteiger partial charge on any atom is 0.00765 e. The summed E-state index contributed by atoms with van der Waals surface area (Å²) in [6, 6.07) is 4.41. The van der Waals surface area contributed by atoms with E-state index in [2.05, 4.69) is 43.4 Å². The standard InChI is InChI=1S/C11H19NS/c1-4-10(7-8-12(2)3)11-6-5-9-13-11/h5-6,9-10H,4,7-8H2,1-3H3. The molecule has 1 aromatic rings. The lowest BCUT2D eigenvalue weighted by Crippen LogP contribution is -2.15. The molecule has 0 fully saturated rings. The maximum absolute atomic E-state index is 2.28. The van der Waals surface area contributed by atoms with Crippen molar-refractivity contribution in [3.8, 4) is 0 Å². The third-order valence-corrected chi connectivity index (χ3v) is 3.40. The van der Waals surface area contributed by atoms with Crippen LogP contribution in [0.25, 0.3) is 0 Å². The molecule has 0 aliphatic carbocycles. The Morgan fingerprint density at radius 3 is 2.69 bits per heavy atom. The molecule has 1 atom stereocenters. The topological polar surface area (TPSA) is 3.24 Å². The van der Waals surface area contributed by atoms with Gasteiger partial charge in [-0.2, -0.15) is 0 Å². The second kappa shape index (κ2) is 5.40. The van der Waals surface area contributed by atoms with E-state index in [0.29, 0.717) is 0 Å². The summed E-state index contributed by atoms with van der Waals surface area (Å²) >= 11 is 1.89. The highest BCUT2D eigenvalue weighted by molar-refractivity contribution is 7.10. The smallest absolute Gasteiger partial charge is 0.00765 e. The highest BCUT2D eigenvalue weighted by Gasteiger charge is 2.09. The zero-order valence-electron chi connectivity index (χ0n) is 8.79. The Morgan fingerprint density at radius 2 is 2.23 bits per heavy atom. The van der Waals surface area contributed by atoms with Gasteiger partial charge in [-0.15, -0.1) is 11.3 Å². The first-order chi connectivity index (χ1) is 6.24. The van der Waals surface area contributed by atoms with Crippen LogP contribution in [0.5, 0.6) is 0 Å². The fourth-order valence-electron chi connectivity index (χ4n) is 1.49. The minimum Gasteiger partial charge on any atom is -0.309 e. The average Bonchev–Trinajstić information content (AvgIpc) is 2.58. The predicted molar refractivity (Wildman–Crippen MR) is 60.5 cm³/mol. The lowest BCUT2D eigenvalue weighted by molar-refractivity contribution is 0.379. The summed E-state index contributed by atoms with van der Waals surface area (Å²) in [5.41, 5.74) is 0. The minimum absolute atomic E-state index is 0.766. The lowest BCUT2D eigenvalue weighted by Gasteiger charge is -2.16. The van der Waals surface area contributed by atoms with Crippen molar-refractivity contribution < 1.29 is 0 Å². The van der Waals surface area contributed by atoms with Crippen LogP contribution in [0.15, 0.2) is 17.5 Å². The van der Waals surface area contributed by atoms with Crippen molar-refractivity contribution in [3.63, 3.8) is 0 Å². The predicted octanol–water partition coefficient (Wildman–Crippen LogP) is 3.19. The summed E-state index contributed by atoms with van der Waals surface area (Å²) in [6.45, 7) is 3.47. The first-order valence-corrected chi connectivity index (χ1v) is 5.80. The van der Waals surface area contributed by atoms with Gasteiger partial charge in [0, 0.05) is 4.88 Å². The van der Waals surface area contributed by atoms with Crippen molar-refractivity contribution in [1.82, 2.24) is 4.90 Å². The van der Waals surface area contributed by atoms with Gasteiger partial charge in [0.05, 0.1) is 0 Å². The third-order valence-electron chi connectivity index (χ3n) is 2.36. The molecule has 0 bridgehead atoms. The van der Waals surface area contributed by atoms with E-state index in [1.165, 1.54) is 19.4 Å². The van der Waals surface area contributed by atoms with Crippen LogP contribution in [0.2, 0.25) is 0 Å². The third kappa shape index (κ3) is 3.49. The summed E-state index contributed by atoms with van der Waals surface area (Å²) in [6.07, 6.45) is 2.54. The van der Waals surface area contributed by atoms with Crippen molar-refractivity contribution in [3.05, 3.63) is 22.4 Å². The molecule has 0 amide bonds. The average molecular weight is 197 g/mol. The molecule has 0 N–H and O–H groups in total. The Morgan fingerprint density at radius 1 is 1.46 bits per heavy atom. The number of hydrogen-bond acceptors (Lipinski definition) is 2. The van der Waals surface area contributed by atoms with E-state index in [-0.39, 0.29) is 0 Å². The largest absolute Gasteiger partial charge is 0.309 e. The Balaban J connectivity index is 2.44. The minimum atomic E-state index is 0.766. The van der Waals surface area contributed by atoms with E-state index in [1.807, 2.05) is 11.3 Å². The molecule has 1 heterocycles. The van der Waals surface area contributed by atoms with Gasteiger partial charge in [-0.25, -0.2) is 0 Å². The van der Waals surface area contributed by atoms with Crippen molar-refractivity contribution in [2.45, 2.75) is 25.7 Å². The normalized spacial score (nSPS) is 13.5. The number of thiophene rings is 1. The van der Waals surface area contributed by atoms with Gasteiger partial charge in [-0.1, -0.05) is 13.0 Å². The van der Waals surface area contributed by atoms with Gasteiger partial charge in [-0.05, 0) is 50.8 Å². The molecule has 1 unspecified atom stereocenters. The zero-order valence-corrected chi connectivity index (χ0v) is 9.60. The van der Waals surface area contributed by atoms with Crippen molar-refractivity contribution in [2.24, 2.45) is 0 Å². The maximum atomic E-state index is 2.28. The van der Waals surface area contributed by atoms with Crippen molar-refractivity contribution in [2.75, 3.05) is 20.6 Å². The van der Waals surface area contributed by atoms with Crippen LogP contribution in [0.1, 0.15) is 30.6 Å². The van der Waals surface area contributed by atoms with Gasteiger partial charge in [0.2, 0.25) is 0 Å². The van der Waals surface area contributed by atoms with Gasteiger partial charge in [0.15, 0.2) is 0 Å². The quantitative estimate of drug-likeness (QED) is 0.700. The van der Waals surface area contributed by atoms with Crippen molar-refractivity contribution in [1.29, 1.82) is 0 Å². The fraction of sp³-hybridized carbons (Fsp3) is 0.636. The van der Waals surface area contributed by atoms with Crippen LogP contribution in [0, 0.1) is 0 Å². The van der Waals surface area contributed by atoms with Crippen LogP contribution in [-0.4, -0.2) is 25.5 Å². The second-order valence-electron chi connectivity index (χ2n) is 3.71. The summed E-state index contributed by atoms with van der Waals surface area (Å²) in [5.74, 6) is 0.766. The van der Waals surface area contributed by atoms with E-state index in [1.54, 1.807) is 4.88 Å². The van der Waals surface area contributed by atoms with Crippen LogP contribution in [-0.2, 0) is 0 Å². The van der Waals surface area contributed by atoms with Gasteiger partial charge in [0.25, 0.3) is 0 Å². The fourth-order valence-corrected chi connectivity index (χ4v) is 2.43. The number of rotatable bonds is 5. The molecular weight excluding hydrogens is 178 g/mol. The molecule has 0 radical (unpaired) electrons. The van der Waals surface area contributed by atoms with Gasteiger partial charge < -0.3 is 4.90 Å². The molecule has 0 aliphatic heterocycles. The zero-order chi connectivity index (χ0) is 9.68. The Hall–Kier alpha value is -0.340. The van der Waals surface area contributed by atoms with Crippen LogP contribution < -0.4 is 0 Å². The van der Waals surface area contributed by atoms with Crippen molar-refractivity contribution >= 4 is 11.3 Å². The van der Waals surface area contributed by atoms with Crippen LogP contribution in [0.4, 0.5) is 0 Å². The van der Waals surface area contributed by atoms with E-state index < -0.39 is 0 Å². The molecule has 0 saturated carbocycles. The molecule has 1 rings (SSSR count). The Labute approximate surface area is 85.4 Å². The first kappa shape index (κ1) is 10.7. The van der Waals surface area contributed by atoms with Crippen LogP contribution in [0.3, 0.4) is 0 Å². The summed E-state index contributed by atoms with van der Waals surface area (Å²) in [7, 11) is 4.28. The van der Waals surface area contributed by atoms with E-state index in [9.17, 15) is 0 Å². The number of nitrogens with zero attached hydrogens (tertiary/aromatic N) is 1. The molecule has 13 heavy (non-hydrogen) atoms. The van der Waals surface area contributed by atoms with Gasteiger partial charge in [-0.3, -0.25) is 0 Å². The second-order valence-corrected chi connectivity index (χ2v) is 4.69. The molecular formula is C11H19NS. The molecule has 0 aliphatic rings. The van der Waals surface area contributed by atoms with Gasteiger partial charge >= 0.3 is 0 Å². The molecule has 0 saturated heterocycles. The number of hydrogen-bond donors (Lipinski definition) is 0. The van der Waals surface area contributed by atoms with Gasteiger partial charge in [0.1, 0.15) is 0 Å². The lowest BCUT2D eigenvalue weighted by atomic mass is 10.0. The van der Waals surface area contributed by atoms with E-state index in [0.717, 1.165) is 5.92 Å². The molecule has 0 spiro atoms. The summed E-state index contributed by atoms with van der Waals surface area (Å²) < 4.78 is 0. The molecule has 1 nitrogen and oxygen atoms in total. The highest BCUT2D eigenvalue weighted by atomic mass is 32.1. The molecule has 74 valence electrons. The Bertz CT molecular complexity index is 216. The molecule has 1 aromatic heterocycles. The summed E-state index contributed by atoms with van der Waals surface area (Å²) in [5, 5.41) is 2.17. The van der Waals surface area contributed by atoms with E-state index >= 15 is 0 Å². The molecule has 0 aromatic carbocycles. The van der Waals surface area contributed by atoms with E-state index in [4.69, 9.17) is 0 Å². The highest BCUT2D eigenvalue weighted by Crippen LogP contribution is 2.27. The Kier molecular flexibility index (Phi) is 4.46. The SMILES string of the molecule is CCC(CCN(C)C)c1cccs1. The monoisotopic (exact) mass is 197 g/mol. The summed E-state index contributed by atoms with van der Waals surface area (Å²) in [4.78, 5) is 3.81. The van der Waals surface area contributed by atoms with Crippen LogP contribution >= 0.6 is 11.3 Å². The first-order valence-electron chi connectivity index (χ1n) is 4.92. The molecule has 2 heteroatoms.